The van der Waals surface area contributed by atoms with Crippen LogP contribution in [0.2, 0.25) is 5.02 Å². The quantitative estimate of drug-likeness (QED) is 0.848. The molecule has 1 aliphatic heterocycles. The van der Waals surface area contributed by atoms with Gasteiger partial charge in [0.2, 0.25) is 5.91 Å². The molecule has 6 heteroatoms. The summed E-state index contributed by atoms with van der Waals surface area (Å²) < 4.78 is 0. The van der Waals surface area contributed by atoms with Crippen LogP contribution in [0.1, 0.15) is 37.0 Å². The van der Waals surface area contributed by atoms with Crippen LogP contribution in [0.4, 0.5) is 5.69 Å². The highest BCUT2D eigenvalue weighted by atomic mass is 35.5. The van der Waals surface area contributed by atoms with E-state index in [0.717, 1.165) is 17.7 Å². The number of hydrogen-bond acceptors (Lipinski definition) is 3. The lowest BCUT2D eigenvalue weighted by molar-refractivity contribution is -0.122. The lowest BCUT2D eigenvalue weighted by Crippen LogP contribution is -2.43. The largest absolute Gasteiger partial charge is 0.352 e. The number of benzene rings is 1. The van der Waals surface area contributed by atoms with Crippen LogP contribution in [0, 0.1) is 0 Å². The van der Waals surface area contributed by atoms with Gasteiger partial charge in [-0.1, -0.05) is 31.5 Å². The van der Waals surface area contributed by atoms with E-state index in [9.17, 15) is 14.4 Å². The number of carbonyl (C=O) groups is 3. The van der Waals surface area contributed by atoms with Crippen LogP contribution >= 0.6 is 11.6 Å². The number of nitrogens with zero attached hydrogens (tertiary/aromatic N) is 1. The number of carbonyl (C=O) groups excluding carboxylic acids is 3. The number of anilines is 1. The number of rotatable bonds is 5. The first-order valence-corrected chi connectivity index (χ1v) is 7.31. The summed E-state index contributed by atoms with van der Waals surface area (Å²) in [4.78, 5) is 37.1. The van der Waals surface area contributed by atoms with Crippen LogP contribution in [-0.2, 0) is 9.59 Å². The molecule has 0 fully saturated rings. The second-order valence-corrected chi connectivity index (χ2v) is 5.34. The molecule has 0 bridgehead atoms. The van der Waals surface area contributed by atoms with Crippen molar-refractivity contribution in [2.45, 2.75) is 32.7 Å². The minimum Gasteiger partial charge on any atom is -0.352 e. The van der Waals surface area contributed by atoms with Gasteiger partial charge < -0.3 is 5.32 Å². The summed E-state index contributed by atoms with van der Waals surface area (Å²) in [7, 11) is 0. The molecule has 1 heterocycles. The number of para-hydroxylation sites is 1. The molecule has 0 atom stereocenters. The van der Waals surface area contributed by atoms with Crippen LogP contribution in [0.3, 0.4) is 0 Å². The maximum Gasteiger partial charge on any atom is 0.300 e. The Labute approximate surface area is 128 Å². The Kier molecular flexibility index (Phi) is 4.63. The van der Waals surface area contributed by atoms with Crippen molar-refractivity contribution in [3.05, 3.63) is 28.8 Å². The third-order valence-electron chi connectivity index (χ3n) is 3.59. The number of halogens is 1. The van der Waals surface area contributed by atoms with Gasteiger partial charge in [-0.2, -0.15) is 0 Å². The van der Waals surface area contributed by atoms with Crippen molar-refractivity contribution >= 4 is 34.9 Å². The molecule has 0 radical (unpaired) electrons. The zero-order chi connectivity index (χ0) is 15.6. The van der Waals surface area contributed by atoms with Crippen LogP contribution in [-0.4, -0.2) is 30.2 Å². The zero-order valence-electron chi connectivity index (χ0n) is 12.0. The van der Waals surface area contributed by atoms with Gasteiger partial charge in [-0.3, -0.25) is 19.3 Å². The van der Waals surface area contributed by atoms with E-state index < -0.39 is 11.7 Å². The van der Waals surface area contributed by atoms with Gasteiger partial charge in [0.05, 0.1) is 16.3 Å². The lowest BCUT2D eigenvalue weighted by Gasteiger charge is -2.20. The van der Waals surface area contributed by atoms with Crippen LogP contribution in [0.25, 0.3) is 0 Å². The fourth-order valence-corrected chi connectivity index (χ4v) is 2.65. The third kappa shape index (κ3) is 2.93. The van der Waals surface area contributed by atoms with Crippen molar-refractivity contribution in [1.82, 2.24) is 5.32 Å². The van der Waals surface area contributed by atoms with Crippen molar-refractivity contribution in [1.29, 1.82) is 0 Å². The van der Waals surface area contributed by atoms with Gasteiger partial charge in [-0.25, -0.2) is 0 Å². The molecule has 0 saturated carbocycles. The molecule has 21 heavy (non-hydrogen) atoms. The molecule has 0 saturated heterocycles. The van der Waals surface area contributed by atoms with Crippen molar-refractivity contribution in [3.8, 4) is 0 Å². The molecular weight excluding hydrogens is 292 g/mol. The fourth-order valence-electron chi connectivity index (χ4n) is 2.37. The van der Waals surface area contributed by atoms with Gasteiger partial charge in [0.15, 0.2) is 0 Å². The molecule has 2 rings (SSSR count). The molecule has 2 amide bonds. The van der Waals surface area contributed by atoms with Gasteiger partial charge >= 0.3 is 0 Å². The Morgan fingerprint density at radius 2 is 1.95 bits per heavy atom. The zero-order valence-corrected chi connectivity index (χ0v) is 12.7. The van der Waals surface area contributed by atoms with Crippen molar-refractivity contribution in [3.63, 3.8) is 0 Å². The van der Waals surface area contributed by atoms with E-state index in [4.69, 9.17) is 11.6 Å². The topological polar surface area (TPSA) is 66.5 Å². The predicted octanol–water partition coefficient (Wildman–Crippen LogP) is 2.17. The van der Waals surface area contributed by atoms with Crippen molar-refractivity contribution < 1.29 is 14.4 Å². The highest BCUT2D eigenvalue weighted by Crippen LogP contribution is 2.35. The number of hydrogen-bond donors (Lipinski definition) is 1. The normalized spacial score (nSPS) is 13.8. The first-order valence-electron chi connectivity index (χ1n) is 6.93. The fraction of sp³-hybridized carbons (Fsp3) is 0.400. The van der Waals surface area contributed by atoms with Gasteiger partial charge in [0, 0.05) is 6.04 Å². The second-order valence-electron chi connectivity index (χ2n) is 4.94. The maximum atomic E-state index is 12.0. The number of fused-ring (bicyclic) bond motifs is 1. The monoisotopic (exact) mass is 308 g/mol. The molecule has 112 valence electrons. The summed E-state index contributed by atoms with van der Waals surface area (Å²) in [5.41, 5.74) is 0.580. The van der Waals surface area contributed by atoms with Crippen LogP contribution in [0.5, 0.6) is 0 Å². The second kappa shape index (κ2) is 6.26. The Balaban J connectivity index is 2.20. The van der Waals surface area contributed by atoms with E-state index in [1.54, 1.807) is 18.2 Å². The molecule has 1 N–H and O–H groups in total. The summed E-state index contributed by atoms with van der Waals surface area (Å²) in [6.45, 7) is 3.76. The van der Waals surface area contributed by atoms with Gasteiger partial charge in [-0.15, -0.1) is 0 Å². The molecule has 0 unspecified atom stereocenters. The Bertz CT molecular complexity index is 597. The molecule has 0 aromatic heterocycles. The third-order valence-corrected chi connectivity index (χ3v) is 3.90. The summed E-state index contributed by atoms with van der Waals surface area (Å²) in [6.07, 6.45) is 1.62. The summed E-state index contributed by atoms with van der Waals surface area (Å²) in [6, 6.07) is 4.81. The summed E-state index contributed by atoms with van der Waals surface area (Å²) >= 11 is 6.06. The van der Waals surface area contributed by atoms with Gasteiger partial charge in [0.1, 0.15) is 6.54 Å². The van der Waals surface area contributed by atoms with Gasteiger partial charge in [0.25, 0.3) is 11.7 Å². The van der Waals surface area contributed by atoms with Crippen molar-refractivity contribution in [2.24, 2.45) is 0 Å². The number of Topliss-reactive ketones (excluding diaryl/α,β-unsaturated/α-hetero) is 1. The van der Waals surface area contributed by atoms with E-state index in [2.05, 4.69) is 5.32 Å². The smallest absolute Gasteiger partial charge is 0.300 e. The number of amides is 2. The van der Waals surface area contributed by atoms with Crippen LogP contribution in [0.15, 0.2) is 18.2 Å². The Morgan fingerprint density at radius 1 is 1.29 bits per heavy atom. The SMILES string of the molecule is CCC(CC)NC(=O)CN1C(=O)C(=O)c2cccc(Cl)c21. The molecule has 0 aliphatic carbocycles. The van der Waals surface area contributed by atoms with Crippen molar-refractivity contribution in [2.75, 3.05) is 11.4 Å². The molecular formula is C15H17ClN2O3. The van der Waals surface area contributed by atoms with E-state index in [-0.39, 0.29) is 24.1 Å². The van der Waals surface area contributed by atoms with E-state index >= 15 is 0 Å². The highest BCUT2D eigenvalue weighted by molar-refractivity contribution is 6.54. The lowest BCUT2D eigenvalue weighted by atomic mass is 10.1. The first-order chi connectivity index (χ1) is 9.99. The maximum absolute atomic E-state index is 12.0. The summed E-state index contributed by atoms with van der Waals surface area (Å²) in [5.74, 6) is -1.63. The van der Waals surface area contributed by atoms with E-state index in [0.29, 0.717) is 10.7 Å². The first kappa shape index (κ1) is 15.5. The van der Waals surface area contributed by atoms with E-state index in [1.165, 1.54) is 0 Å². The number of nitrogens with one attached hydrogen (secondary N) is 1. The van der Waals surface area contributed by atoms with E-state index in [1.807, 2.05) is 13.8 Å². The summed E-state index contributed by atoms with van der Waals surface area (Å²) in [5, 5.41) is 3.14. The molecule has 5 nitrogen and oxygen atoms in total. The highest BCUT2D eigenvalue weighted by Gasteiger charge is 2.38. The molecule has 1 aromatic rings. The molecule has 0 spiro atoms. The minimum absolute atomic E-state index is 0.0663. The minimum atomic E-state index is -0.710. The predicted molar refractivity (Wildman–Crippen MR) is 80.6 cm³/mol. The Morgan fingerprint density at radius 3 is 2.57 bits per heavy atom. The Hall–Kier alpha value is -1.88. The molecule has 1 aliphatic rings. The van der Waals surface area contributed by atoms with Crippen LogP contribution < -0.4 is 10.2 Å². The standard InChI is InChI=1S/C15H17ClN2O3/c1-3-9(4-2)17-12(19)8-18-13-10(14(20)15(18)21)6-5-7-11(13)16/h5-7,9H,3-4,8H2,1-2H3,(H,17,19). The van der Waals surface area contributed by atoms with Gasteiger partial charge in [-0.05, 0) is 25.0 Å². The average molecular weight is 309 g/mol. The molecule has 1 aromatic carbocycles. The number of ketones is 1. The average Bonchev–Trinajstić information content (AvgIpc) is 2.71.